The number of hydrogen-bond donors (Lipinski definition) is 1. The van der Waals surface area contributed by atoms with Gasteiger partial charge in [0.1, 0.15) is 9.83 Å². The van der Waals surface area contributed by atoms with Crippen LogP contribution in [0.2, 0.25) is 0 Å². The van der Waals surface area contributed by atoms with Crippen LogP contribution in [0.25, 0.3) is 15.9 Å². The third kappa shape index (κ3) is 3.76. The molecule has 1 saturated heterocycles. The number of carbonyl (C=O) groups excluding carboxylic acids is 1. The number of para-hydroxylation sites is 1. The lowest BCUT2D eigenvalue weighted by Crippen LogP contribution is -2.23. The Labute approximate surface area is 190 Å². The van der Waals surface area contributed by atoms with Crippen molar-refractivity contribution in [3.8, 4) is 5.69 Å². The van der Waals surface area contributed by atoms with Gasteiger partial charge in [0, 0.05) is 29.6 Å². The molecule has 2 aromatic heterocycles. The Kier molecular flexibility index (Phi) is 5.41. The number of anilines is 1. The molecule has 5 rings (SSSR count). The number of pyridine rings is 1. The normalized spacial score (nSPS) is 16.5. The predicted octanol–water partition coefficient (Wildman–Crippen LogP) is 4.71. The van der Waals surface area contributed by atoms with Gasteiger partial charge in [-0.1, -0.05) is 53.3 Å². The molecular formula is C26H25N3O2S. The third-order valence-corrected chi connectivity index (χ3v) is 7.11. The summed E-state index contributed by atoms with van der Waals surface area (Å²) < 4.78 is 1.71. The number of aryl methyl sites for hydroxylation is 1. The summed E-state index contributed by atoms with van der Waals surface area (Å²) in [6.45, 7) is 3.94. The first-order chi connectivity index (χ1) is 15.5. The van der Waals surface area contributed by atoms with Crippen molar-refractivity contribution in [2.24, 2.45) is 0 Å². The van der Waals surface area contributed by atoms with Crippen LogP contribution in [0, 0.1) is 6.92 Å². The Morgan fingerprint density at radius 1 is 1.06 bits per heavy atom. The quantitative estimate of drug-likeness (QED) is 0.454. The van der Waals surface area contributed by atoms with Gasteiger partial charge in [0.25, 0.3) is 5.56 Å². The number of nitrogens with zero attached hydrogens (tertiary/aromatic N) is 2. The van der Waals surface area contributed by atoms with E-state index in [2.05, 4.69) is 17.3 Å². The second-order valence-corrected chi connectivity index (χ2v) is 9.46. The SMILES string of the molecule is Cc1cccc(C(=O)c2c(N[C@H]3CCN(C)C3)sc3c2ccc(=O)n3-c2ccccc2)c1. The van der Waals surface area contributed by atoms with Gasteiger partial charge < -0.3 is 10.2 Å². The minimum Gasteiger partial charge on any atom is -0.372 e. The summed E-state index contributed by atoms with van der Waals surface area (Å²) in [6.07, 6.45) is 1.02. The smallest absolute Gasteiger partial charge is 0.256 e. The van der Waals surface area contributed by atoms with Gasteiger partial charge in [-0.2, -0.15) is 0 Å². The van der Waals surface area contributed by atoms with Crippen molar-refractivity contribution in [3.63, 3.8) is 0 Å². The molecule has 6 heteroatoms. The largest absolute Gasteiger partial charge is 0.372 e. The van der Waals surface area contributed by atoms with E-state index in [1.807, 2.05) is 61.5 Å². The molecule has 2 aromatic carbocycles. The first-order valence-corrected chi connectivity index (χ1v) is 11.6. The lowest BCUT2D eigenvalue weighted by molar-refractivity contribution is 0.104. The Hall–Kier alpha value is -3.22. The Bertz CT molecular complexity index is 1360. The van der Waals surface area contributed by atoms with E-state index in [1.165, 1.54) is 11.3 Å². The molecule has 5 nitrogen and oxygen atoms in total. The number of rotatable bonds is 5. The fourth-order valence-corrected chi connectivity index (χ4v) is 5.69. The van der Waals surface area contributed by atoms with Crippen LogP contribution in [0.15, 0.2) is 71.5 Å². The van der Waals surface area contributed by atoms with E-state index < -0.39 is 0 Å². The van der Waals surface area contributed by atoms with E-state index >= 15 is 0 Å². The maximum atomic E-state index is 13.7. The van der Waals surface area contributed by atoms with Crippen LogP contribution < -0.4 is 10.9 Å². The zero-order valence-corrected chi connectivity index (χ0v) is 19.0. The maximum absolute atomic E-state index is 13.7. The first-order valence-electron chi connectivity index (χ1n) is 10.8. The number of carbonyl (C=O) groups is 1. The number of fused-ring (bicyclic) bond motifs is 1. The van der Waals surface area contributed by atoms with E-state index in [0.717, 1.165) is 46.0 Å². The van der Waals surface area contributed by atoms with Gasteiger partial charge in [0.15, 0.2) is 5.78 Å². The minimum absolute atomic E-state index is 0.0212. The lowest BCUT2D eigenvalue weighted by Gasteiger charge is -2.14. The van der Waals surface area contributed by atoms with E-state index in [4.69, 9.17) is 0 Å². The summed E-state index contributed by atoms with van der Waals surface area (Å²) >= 11 is 1.49. The highest BCUT2D eigenvalue weighted by Gasteiger charge is 2.26. The van der Waals surface area contributed by atoms with E-state index in [0.29, 0.717) is 11.1 Å². The summed E-state index contributed by atoms with van der Waals surface area (Å²) in [5, 5.41) is 5.27. The number of hydrogen-bond acceptors (Lipinski definition) is 5. The summed E-state index contributed by atoms with van der Waals surface area (Å²) in [5.74, 6) is -0.0212. The van der Waals surface area contributed by atoms with Gasteiger partial charge >= 0.3 is 0 Å². The highest BCUT2D eigenvalue weighted by atomic mass is 32.1. The highest BCUT2D eigenvalue weighted by molar-refractivity contribution is 7.23. The van der Waals surface area contributed by atoms with Crippen molar-refractivity contribution < 1.29 is 4.79 Å². The molecule has 0 saturated carbocycles. The van der Waals surface area contributed by atoms with Crippen LogP contribution in [0.5, 0.6) is 0 Å². The van der Waals surface area contributed by atoms with Gasteiger partial charge in [-0.05, 0) is 51.2 Å². The summed E-state index contributed by atoms with van der Waals surface area (Å²) in [4.78, 5) is 29.7. The van der Waals surface area contributed by atoms with Gasteiger partial charge in [-0.15, -0.1) is 0 Å². The van der Waals surface area contributed by atoms with Gasteiger partial charge in [-0.25, -0.2) is 0 Å². The van der Waals surface area contributed by atoms with Crippen LogP contribution in [0.3, 0.4) is 0 Å². The molecule has 162 valence electrons. The van der Waals surface area contributed by atoms with E-state index in [-0.39, 0.29) is 17.4 Å². The fourth-order valence-electron chi connectivity index (χ4n) is 4.40. The molecule has 1 aliphatic heterocycles. The van der Waals surface area contributed by atoms with Crippen molar-refractivity contribution >= 4 is 32.3 Å². The molecule has 1 N–H and O–H groups in total. The van der Waals surface area contributed by atoms with Crippen molar-refractivity contribution in [2.75, 3.05) is 25.5 Å². The average molecular weight is 444 g/mol. The molecule has 32 heavy (non-hydrogen) atoms. The Morgan fingerprint density at radius 3 is 2.59 bits per heavy atom. The molecule has 1 atom stereocenters. The molecule has 0 unspecified atom stereocenters. The molecule has 1 aliphatic rings. The molecule has 0 amide bonds. The number of ketones is 1. The second-order valence-electron chi connectivity index (χ2n) is 8.46. The molecular weight excluding hydrogens is 418 g/mol. The molecule has 3 heterocycles. The number of thiophene rings is 1. The van der Waals surface area contributed by atoms with Gasteiger partial charge in [0.05, 0.1) is 11.3 Å². The van der Waals surface area contributed by atoms with Crippen LogP contribution >= 0.6 is 11.3 Å². The van der Waals surface area contributed by atoms with E-state index in [9.17, 15) is 9.59 Å². The topological polar surface area (TPSA) is 54.3 Å². The number of nitrogens with one attached hydrogen (secondary N) is 1. The standard InChI is InChI=1S/C26H25N3O2S/c1-17-7-6-8-18(15-17)24(31)23-21-11-12-22(30)29(20-9-4-3-5-10-20)26(21)32-25(23)27-19-13-14-28(2)16-19/h3-12,15,19,27H,13-14,16H2,1-2H3/t19-/m0/s1. The lowest BCUT2D eigenvalue weighted by atomic mass is 10.0. The van der Waals surface area contributed by atoms with Crippen molar-refractivity contribution in [1.29, 1.82) is 0 Å². The van der Waals surface area contributed by atoms with Gasteiger partial charge in [0.2, 0.25) is 0 Å². The van der Waals surface area contributed by atoms with E-state index in [1.54, 1.807) is 16.7 Å². The summed E-state index contributed by atoms with van der Waals surface area (Å²) in [5.41, 5.74) is 3.05. The van der Waals surface area contributed by atoms with Crippen LogP contribution in [0.4, 0.5) is 5.00 Å². The Balaban J connectivity index is 1.72. The fraction of sp³-hybridized carbons (Fsp3) is 0.231. The van der Waals surface area contributed by atoms with Crippen molar-refractivity contribution in [3.05, 3.63) is 93.8 Å². The van der Waals surface area contributed by atoms with Crippen LogP contribution in [0.1, 0.15) is 27.9 Å². The minimum atomic E-state index is -0.105. The summed E-state index contributed by atoms with van der Waals surface area (Å²) in [6, 6.07) is 20.9. The third-order valence-electron chi connectivity index (χ3n) is 5.99. The number of likely N-dealkylation sites (N-methyl/N-ethyl adjacent to an activating group) is 1. The van der Waals surface area contributed by atoms with Gasteiger partial charge in [-0.3, -0.25) is 14.2 Å². The summed E-state index contributed by atoms with van der Waals surface area (Å²) in [7, 11) is 2.11. The monoisotopic (exact) mass is 443 g/mol. The average Bonchev–Trinajstić information content (AvgIpc) is 3.36. The maximum Gasteiger partial charge on any atom is 0.256 e. The molecule has 1 fully saturated rings. The molecule has 4 aromatic rings. The highest BCUT2D eigenvalue weighted by Crippen LogP contribution is 2.38. The molecule has 0 radical (unpaired) electrons. The number of benzene rings is 2. The van der Waals surface area contributed by atoms with Crippen LogP contribution in [-0.2, 0) is 0 Å². The first kappa shape index (κ1) is 20.7. The number of aromatic nitrogens is 1. The zero-order chi connectivity index (χ0) is 22.2. The molecule has 0 spiro atoms. The zero-order valence-electron chi connectivity index (χ0n) is 18.2. The van der Waals surface area contributed by atoms with Crippen LogP contribution in [-0.4, -0.2) is 41.4 Å². The molecule has 0 bridgehead atoms. The second kappa shape index (κ2) is 8.37. The van der Waals surface area contributed by atoms with Crippen molar-refractivity contribution in [2.45, 2.75) is 19.4 Å². The van der Waals surface area contributed by atoms with Crippen molar-refractivity contribution in [1.82, 2.24) is 9.47 Å². The predicted molar refractivity (Wildman–Crippen MR) is 132 cm³/mol. The molecule has 0 aliphatic carbocycles. The number of likely N-dealkylation sites (tertiary alicyclic amines) is 1. The Morgan fingerprint density at radius 2 is 1.88 bits per heavy atom.